The molecule has 1 aromatic carbocycles. The van der Waals surface area contributed by atoms with Crippen molar-refractivity contribution in [3.05, 3.63) is 58.9 Å². The molecule has 5 rings (SSSR count). The Labute approximate surface area is 187 Å². The minimum Gasteiger partial charge on any atom is -0.391 e. The topological polar surface area (TPSA) is 95.8 Å². The molecule has 0 amide bonds. The second-order valence-corrected chi connectivity index (χ2v) is 8.82. The first kappa shape index (κ1) is 20.8. The number of aryl methyl sites for hydroxylation is 3. The van der Waals surface area contributed by atoms with Crippen LogP contribution >= 0.6 is 0 Å². The highest BCUT2D eigenvalue weighted by Crippen LogP contribution is 2.32. The maximum absolute atomic E-state index is 10.9. The highest BCUT2D eigenvalue weighted by atomic mass is 16.3. The van der Waals surface area contributed by atoms with Crippen molar-refractivity contribution in [1.82, 2.24) is 34.8 Å². The number of H-pyrrole nitrogens is 1. The van der Waals surface area contributed by atoms with E-state index in [9.17, 15) is 5.11 Å². The summed E-state index contributed by atoms with van der Waals surface area (Å²) in [6.45, 7) is 8.16. The van der Waals surface area contributed by atoms with E-state index in [1.807, 2.05) is 50.7 Å². The van der Waals surface area contributed by atoms with Crippen molar-refractivity contribution in [2.24, 2.45) is 7.05 Å². The molecule has 8 nitrogen and oxygen atoms in total. The number of rotatable bonds is 4. The molecular weight excluding hydrogens is 402 g/mol. The van der Waals surface area contributed by atoms with Crippen molar-refractivity contribution in [3.63, 3.8) is 0 Å². The number of fused-ring (bicyclic) bond motifs is 1. The lowest BCUT2D eigenvalue weighted by molar-refractivity contribution is 0.0453. The average molecular weight is 432 g/mol. The monoisotopic (exact) mass is 431 g/mol. The first-order valence-electron chi connectivity index (χ1n) is 11.1. The number of likely N-dealkylation sites (tertiary alicyclic amines) is 1. The molecule has 32 heavy (non-hydrogen) atoms. The lowest BCUT2D eigenvalue weighted by Gasteiger charge is -2.35. The Kier molecular flexibility index (Phi) is 5.27. The number of hydrogen-bond acceptors (Lipinski definition) is 6. The fraction of sp³-hybridized carbons (Fsp3) is 0.417. The minimum absolute atomic E-state index is 0.0315. The fourth-order valence-corrected chi connectivity index (χ4v) is 4.87. The summed E-state index contributed by atoms with van der Waals surface area (Å²) in [5.74, 6) is 0.835. The number of para-hydroxylation sites is 1. The molecule has 166 valence electrons. The zero-order chi connectivity index (χ0) is 22.4. The lowest BCUT2D eigenvalue weighted by Crippen LogP contribution is -2.42. The number of aliphatic hydroxyl groups is 1. The summed E-state index contributed by atoms with van der Waals surface area (Å²) in [7, 11) is 1.94. The molecule has 1 saturated heterocycles. The number of aliphatic hydroxyl groups excluding tert-OH is 1. The van der Waals surface area contributed by atoms with Gasteiger partial charge in [-0.25, -0.2) is 9.97 Å². The molecular formula is C24H29N7O. The van der Waals surface area contributed by atoms with E-state index in [0.29, 0.717) is 13.1 Å². The Balaban J connectivity index is 1.30. The quantitative estimate of drug-likeness (QED) is 0.516. The summed E-state index contributed by atoms with van der Waals surface area (Å²) in [4.78, 5) is 11.7. The van der Waals surface area contributed by atoms with Gasteiger partial charge in [-0.1, -0.05) is 18.2 Å². The highest BCUT2D eigenvalue weighted by molar-refractivity contribution is 5.80. The Morgan fingerprint density at radius 2 is 1.94 bits per heavy atom. The Bertz CT molecular complexity index is 1270. The van der Waals surface area contributed by atoms with Gasteiger partial charge < -0.3 is 5.11 Å². The van der Waals surface area contributed by atoms with Gasteiger partial charge in [0.2, 0.25) is 0 Å². The van der Waals surface area contributed by atoms with Crippen LogP contribution in [0, 0.1) is 20.8 Å². The van der Waals surface area contributed by atoms with Crippen LogP contribution in [0.1, 0.15) is 40.9 Å². The molecule has 0 bridgehead atoms. The smallest absolute Gasteiger partial charge is 0.143 e. The first-order chi connectivity index (χ1) is 15.4. The van der Waals surface area contributed by atoms with E-state index >= 15 is 0 Å². The third-order valence-corrected chi connectivity index (χ3v) is 6.63. The van der Waals surface area contributed by atoms with Crippen LogP contribution in [0.3, 0.4) is 0 Å². The van der Waals surface area contributed by atoms with Crippen LogP contribution in [-0.4, -0.2) is 59.1 Å². The van der Waals surface area contributed by atoms with Crippen molar-refractivity contribution in [3.8, 4) is 11.3 Å². The van der Waals surface area contributed by atoms with Gasteiger partial charge >= 0.3 is 0 Å². The van der Waals surface area contributed by atoms with Crippen molar-refractivity contribution in [1.29, 1.82) is 0 Å². The average Bonchev–Trinajstić information content (AvgIpc) is 3.32. The number of nitrogens with zero attached hydrogens (tertiary/aromatic N) is 6. The maximum Gasteiger partial charge on any atom is 0.143 e. The number of benzene rings is 1. The zero-order valence-corrected chi connectivity index (χ0v) is 19.0. The predicted molar refractivity (Wildman–Crippen MR) is 123 cm³/mol. The molecule has 0 radical (unpaired) electrons. The van der Waals surface area contributed by atoms with Crippen molar-refractivity contribution < 1.29 is 5.11 Å². The molecule has 1 aliphatic rings. The van der Waals surface area contributed by atoms with E-state index in [1.54, 1.807) is 0 Å². The Morgan fingerprint density at radius 1 is 1.12 bits per heavy atom. The van der Waals surface area contributed by atoms with E-state index in [4.69, 9.17) is 9.97 Å². The number of β-amino-alcohol motifs (C(OH)–C–C–N with tert-alkyl or cyclic N) is 1. The van der Waals surface area contributed by atoms with Crippen molar-refractivity contribution in [2.75, 3.05) is 13.1 Å². The zero-order valence-electron chi connectivity index (χ0n) is 19.0. The van der Waals surface area contributed by atoms with Crippen LogP contribution in [0.2, 0.25) is 0 Å². The van der Waals surface area contributed by atoms with Crippen LogP contribution in [0.5, 0.6) is 0 Å². The second kappa shape index (κ2) is 8.11. The predicted octanol–water partition coefficient (Wildman–Crippen LogP) is 3.03. The second-order valence-electron chi connectivity index (χ2n) is 8.82. The van der Waals surface area contributed by atoms with Crippen LogP contribution in [0.15, 0.2) is 30.3 Å². The van der Waals surface area contributed by atoms with Gasteiger partial charge in [-0.05, 0) is 45.9 Å². The molecule has 2 N–H and O–H groups in total. The number of nitrogens with one attached hydrogen (secondary N) is 1. The third kappa shape index (κ3) is 3.69. The normalized spacial score (nSPS) is 19.7. The van der Waals surface area contributed by atoms with Gasteiger partial charge in [0.15, 0.2) is 0 Å². The molecule has 1 fully saturated rings. The van der Waals surface area contributed by atoms with Gasteiger partial charge in [-0.15, -0.1) is 0 Å². The van der Waals surface area contributed by atoms with E-state index in [2.05, 4.69) is 32.3 Å². The molecule has 2 atom stereocenters. The Morgan fingerprint density at radius 3 is 2.69 bits per heavy atom. The standard InChI is InChI=1S/C24H29N7O/c1-14-17-7-5-6-8-19(17)26-23(25-14)13-31-10-9-18(22(32)12-31)20-11-21(28-27-20)24-15(2)29-30(4)16(24)3/h5-8,11,18,22,32H,9-10,12-13H2,1-4H3,(H,27,28)/t18-,22+/m1/s1. The summed E-state index contributed by atoms with van der Waals surface area (Å²) in [5, 5.41) is 24.2. The van der Waals surface area contributed by atoms with Gasteiger partial charge in [0.05, 0.1) is 29.6 Å². The summed E-state index contributed by atoms with van der Waals surface area (Å²) >= 11 is 0. The van der Waals surface area contributed by atoms with E-state index in [-0.39, 0.29) is 5.92 Å². The molecule has 0 saturated carbocycles. The number of aromatic amines is 1. The van der Waals surface area contributed by atoms with Crippen LogP contribution in [0.25, 0.3) is 22.2 Å². The van der Waals surface area contributed by atoms with E-state index < -0.39 is 6.10 Å². The van der Waals surface area contributed by atoms with Gasteiger partial charge in [0.25, 0.3) is 0 Å². The molecule has 0 unspecified atom stereocenters. The molecule has 0 aliphatic carbocycles. The molecule has 4 aromatic rings. The maximum atomic E-state index is 10.9. The SMILES string of the molecule is Cc1nn(C)c(C)c1-c1cc([C@H]2CCN(Cc3nc(C)c4ccccc4n3)C[C@@H]2O)[nH]n1. The van der Waals surface area contributed by atoms with Crippen LogP contribution in [-0.2, 0) is 13.6 Å². The third-order valence-electron chi connectivity index (χ3n) is 6.63. The minimum atomic E-state index is -0.477. The largest absolute Gasteiger partial charge is 0.391 e. The molecule has 8 heteroatoms. The van der Waals surface area contributed by atoms with Crippen LogP contribution < -0.4 is 0 Å². The lowest BCUT2D eigenvalue weighted by atomic mass is 9.90. The van der Waals surface area contributed by atoms with Gasteiger partial charge in [0.1, 0.15) is 5.82 Å². The summed E-state index contributed by atoms with van der Waals surface area (Å²) in [6, 6.07) is 10.2. The van der Waals surface area contributed by atoms with Crippen molar-refractivity contribution >= 4 is 10.9 Å². The number of hydrogen-bond donors (Lipinski definition) is 2. The summed E-state index contributed by atoms with van der Waals surface area (Å²) < 4.78 is 1.88. The van der Waals surface area contributed by atoms with Gasteiger partial charge in [0, 0.05) is 47.5 Å². The summed E-state index contributed by atoms with van der Waals surface area (Å²) in [6.07, 6.45) is 0.370. The van der Waals surface area contributed by atoms with Crippen molar-refractivity contribution in [2.45, 2.75) is 45.8 Å². The van der Waals surface area contributed by atoms with E-state index in [0.717, 1.165) is 63.7 Å². The van der Waals surface area contributed by atoms with Gasteiger partial charge in [-0.3, -0.25) is 14.7 Å². The van der Waals surface area contributed by atoms with Crippen LogP contribution in [0.4, 0.5) is 0 Å². The Hall–Kier alpha value is -3.10. The first-order valence-corrected chi connectivity index (χ1v) is 11.1. The number of piperidine rings is 1. The fourth-order valence-electron chi connectivity index (χ4n) is 4.87. The molecule has 1 aliphatic heterocycles. The molecule has 0 spiro atoms. The highest BCUT2D eigenvalue weighted by Gasteiger charge is 2.31. The summed E-state index contributed by atoms with van der Waals surface area (Å²) in [5.41, 5.74) is 6.94. The molecule has 4 heterocycles. The van der Waals surface area contributed by atoms with Gasteiger partial charge in [-0.2, -0.15) is 10.2 Å². The number of aromatic nitrogens is 6. The van der Waals surface area contributed by atoms with E-state index in [1.165, 1.54) is 0 Å². The molecule has 3 aromatic heterocycles.